The maximum absolute atomic E-state index is 15.2. The second kappa shape index (κ2) is 9.89. The average molecular weight is 535 g/mol. The van der Waals surface area contributed by atoms with Crippen molar-refractivity contribution in [2.24, 2.45) is 11.7 Å². The fourth-order valence-corrected chi connectivity index (χ4v) is 6.15. The van der Waals surface area contributed by atoms with Crippen LogP contribution in [-0.2, 0) is 32.3 Å². The number of rotatable bonds is 5. The average Bonchev–Trinajstić information content (AvgIpc) is 3.29. The van der Waals surface area contributed by atoms with Gasteiger partial charge in [0.2, 0.25) is 11.8 Å². The lowest BCUT2D eigenvalue weighted by Crippen LogP contribution is -2.45. The van der Waals surface area contributed by atoms with Crippen LogP contribution in [-0.4, -0.2) is 49.5 Å². The Kier molecular flexibility index (Phi) is 6.82. The zero-order chi connectivity index (χ0) is 25.4. The minimum atomic E-state index is -4.06. The molecule has 0 unspecified atom stereocenters. The van der Waals surface area contributed by atoms with Crippen molar-refractivity contribution in [1.82, 2.24) is 10.2 Å². The molecule has 190 valence electrons. The lowest BCUT2D eigenvalue weighted by Gasteiger charge is -2.24. The van der Waals surface area contributed by atoms with E-state index in [2.05, 4.69) is 10.2 Å². The molecule has 1 atom stereocenters. The number of ether oxygens (including phenoxy) is 1. The molecule has 1 aromatic heterocycles. The number of aromatic nitrogens is 2. The van der Waals surface area contributed by atoms with E-state index in [1.807, 2.05) is 0 Å². The summed E-state index contributed by atoms with van der Waals surface area (Å²) in [6.07, 6.45) is 2.27. The summed E-state index contributed by atoms with van der Waals surface area (Å²) in [5.74, 6) is -1.51. The summed E-state index contributed by atoms with van der Waals surface area (Å²) in [5, 5.41) is 8.56. The molecule has 0 spiro atoms. The van der Waals surface area contributed by atoms with Gasteiger partial charge in [0, 0.05) is 24.7 Å². The van der Waals surface area contributed by atoms with Crippen molar-refractivity contribution < 1.29 is 26.8 Å². The fourth-order valence-electron chi connectivity index (χ4n) is 4.46. The second-order valence-corrected chi connectivity index (χ2v) is 11.4. The Morgan fingerprint density at radius 3 is 2.58 bits per heavy atom. The van der Waals surface area contributed by atoms with Gasteiger partial charge in [-0.1, -0.05) is 23.7 Å². The van der Waals surface area contributed by atoms with E-state index in [9.17, 15) is 13.2 Å². The molecule has 1 saturated heterocycles. The molecule has 0 saturated carbocycles. The summed E-state index contributed by atoms with van der Waals surface area (Å²) in [6, 6.07) is 7.59. The normalized spacial score (nSPS) is 20.2. The van der Waals surface area contributed by atoms with Crippen molar-refractivity contribution in [1.29, 1.82) is 0 Å². The van der Waals surface area contributed by atoms with Crippen molar-refractivity contribution in [2.75, 3.05) is 23.9 Å². The van der Waals surface area contributed by atoms with Crippen LogP contribution in [0.15, 0.2) is 45.7 Å². The van der Waals surface area contributed by atoms with Crippen LogP contribution in [0.2, 0.25) is 5.02 Å². The topological polar surface area (TPSA) is 129 Å². The highest BCUT2D eigenvalue weighted by Crippen LogP contribution is 2.37. The molecular formula is C24H24ClFN4O5S. The smallest absolute Gasteiger partial charge is 0.250 e. The summed E-state index contributed by atoms with van der Waals surface area (Å²) in [4.78, 5) is 14.1. The number of fused-ring (bicyclic) bond motifs is 1. The first-order valence-corrected chi connectivity index (χ1v) is 13.5. The summed E-state index contributed by atoms with van der Waals surface area (Å²) >= 11 is 5.97. The molecule has 2 N–H and O–H groups in total. The first kappa shape index (κ1) is 24.8. The van der Waals surface area contributed by atoms with E-state index in [0.29, 0.717) is 42.0 Å². The monoisotopic (exact) mass is 534 g/mol. The number of anilines is 1. The fraction of sp³-hybridized carbons (Fsp3) is 0.375. The largest absolute Gasteiger partial charge is 0.421 e. The number of sulfone groups is 1. The van der Waals surface area contributed by atoms with Gasteiger partial charge in [0.05, 0.1) is 34.5 Å². The van der Waals surface area contributed by atoms with Gasteiger partial charge >= 0.3 is 0 Å². The van der Waals surface area contributed by atoms with Crippen LogP contribution in [0, 0.1) is 11.7 Å². The molecule has 1 fully saturated rings. The minimum absolute atomic E-state index is 0.00322. The molecule has 9 nitrogen and oxygen atoms in total. The highest BCUT2D eigenvalue weighted by Gasteiger charge is 2.37. The van der Waals surface area contributed by atoms with E-state index >= 15 is 4.39 Å². The first-order chi connectivity index (χ1) is 17.2. The number of nitrogens with zero attached hydrogens (tertiary/aromatic N) is 3. The highest BCUT2D eigenvalue weighted by atomic mass is 35.5. The van der Waals surface area contributed by atoms with Gasteiger partial charge in [0.1, 0.15) is 5.82 Å². The number of amides is 1. The minimum Gasteiger partial charge on any atom is -0.421 e. The third-order valence-electron chi connectivity index (χ3n) is 6.41. The molecule has 36 heavy (non-hydrogen) atoms. The molecule has 3 heterocycles. The molecule has 3 aromatic rings. The van der Waals surface area contributed by atoms with Gasteiger partial charge in [-0.15, -0.1) is 10.2 Å². The molecule has 0 bridgehead atoms. The van der Waals surface area contributed by atoms with Crippen molar-refractivity contribution >= 4 is 33.0 Å². The van der Waals surface area contributed by atoms with Gasteiger partial charge in [-0.05, 0) is 48.6 Å². The number of carbonyl (C=O) groups is 1. The molecule has 5 rings (SSSR count). The third-order valence-corrected chi connectivity index (χ3v) is 8.46. The number of hydrogen-bond acceptors (Lipinski definition) is 8. The van der Waals surface area contributed by atoms with E-state index in [0.717, 1.165) is 18.9 Å². The zero-order valence-electron chi connectivity index (χ0n) is 19.2. The van der Waals surface area contributed by atoms with Crippen LogP contribution in [0.25, 0.3) is 11.5 Å². The van der Waals surface area contributed by atoms with Crippen LogP contribution in [0.4, 0.5) is 10.1 Å². The van der Waals surface area contributed by atoms with Crippen molar-refractivity contribution in [3.63, 3.8) is 0 Å². The molecule has 0 aliphatic carbocycles. The van der Waals surface area contributed by atoms with Gasteiger partial charge in [0.25, 0.3) is 5.89 Å². The van der Waals surface area contributed by atoms with Gasteiger partial charge in [-0.3, -0.25) is 4.79 Å². The Hall–Kier alpha value is -2.86. The Labute approximate surface area is 212 Å². The van der Waals surface area contributed by atoms with E-state index in [1.54, 1.807) is 24.3 Å². The zero-order valence-corrected chi connectivity index (χ0v) is 20.8. The Bertz CT molecular complexity index is 1390. The van der Waals surface area contributed by atoms with Crippen LogP contribution >= 0.6 is 11.6 Å². The lowest BCUT2D eigenvalue weighted by atomic mass is 9.97. The molecule has 2 aromatic carbocycles. The predicted octanol–water partition coefficient (Wildman–Crippen LogP) is 3.15. The maximum Gasteiger partial charge on any atom is 0.250 e. The number of nitrogens with two attached hydrogens (primary N) is 1. The van der Waals surface area contributed by atoms with Crippen LogP contribution in [0.1, 0.15) is 24.3 Å². The van der Waals surface area contributed by atoms with E-state index in [4.69, 9.17) is 26.5 Å². The van der Waals surface area contributed by atoms with Gasteiger partial charge in [0.15, 0.2) is 9.84 Å². The number of carbonyl (C=O) groups excluding carboxylic acids is 1. The summed E-state index contributed by atoms with van der Waals surface area (Å²) in [7, 11) is -4.06. The van der Waals surface area contributed by atoms with Crippen molar-refractivity contribution in [3.05, 3.63) is 58.7 Å². The van der Waals surface area contributed by atoms with Gasteiger partial charge < -0.3 is 19.8 Å². The number of hydrogen-bond donors (Lipinski definition) is 1. The Morgan fingerprint density at radius 2 is 1.86 bits per heavy atom. The summed E-state index contributed by atoms with van der Waals surface area (Å²) in [5.41, 5.74) is 6.54. The maximum atomic E-state index is 15.2. The Balaban J connectivity index is 1.55. The van der Waals surface area contributed by atoms with Crippen molar-refractivity contribution in [3.8, 4) is 11.5 Å². The van der Waals surface area contributed by atoms with Gasteiger partial charge in [-0.25, -0.2) is 12.8 Å². The highest BCUT2D eigenvalue weighted by molar-refractivity contribution is 7.91. The standard InChI is InChI=1S/C24H24ClFN4O5S/c25-16-3-1-15(2-4-16)12-30-20-10-17(18(26)11-21(20)36(32,33)13-19(27)24(30)31)23-29-28-22(35-23)9-14-5-7-34-8-6-14/h1-4,10-11,14,19H,5-9,12-13,27H2/t19-/m0/s1. The van der Waals surface area contributed by atoms with Crippen molar-refractivity contribution in [2.45, 2.75) is 36.7 Å². The van der Waals surface area contributed by atoms with E-state index in [-0.39, 0.29) is 28.6 Å². The third kappa shape index (κ3) is 5.01. The Morgan fingerprint density at radius 1 is 1.14 bits per heavy atom. The predicted molar refractivity (Wildman–Crippen MR) is 130 cm³/mol. The quantitative estimate of drug-likeness (QED) is 0.528. The SMILES string of the molecule is N[C@H]1CS(=O)(=O)c2cc(F)c(-c3nnc(CC4CCOCC4)o3)cc2N(Cc2ccc(Cl)cc2)C1=O. The molecule has 2 aliphatic rings. The van der Waals surface area contributed by atoms with E-state index in [1.165, 1.54) is 11.0 Å². The molecular weight excluding hydrogens is 511 g/mol. The molecule has 2 aliphatic heterocycles. The number of benzene rings is 2. The summed E-state index contributed by atoms with van der Waals surface area (Å²) < 4.78 is 52.4. The lowest BCUT2D eigenvalue weighted by molar-refractivity contribution is -0.119. The second-order valence-electron chi connectivity index (χ2n) is 9.00. The van der Waals surface area contributed by atoms with Crippen LogP contribution < -0.4 is 10.6 Å². The van der Waals surface area contributed by atoms with Crippen LogP contribution in [0.3, 0.4) is 0 Å². The first-order valence-electron chi connectivity index (χ1n) is 11.5. The van der Waals surface area contributed by atoms with Gasteiger partial charge in [-0.2, -0.15) is 0 Å². The van der Waals surface area contributed by atoms with Crippen LogP contribution in [0.5, 0.6) is 0 Å². The molecule has 1 amide bonds. The summed E-state index contributed by atoms with van der Waals surface area (Å²) in [6.45, 7) is 1.34. The van der Waals surface area contributed by atoms with E-state index < -0.39 is 33.4 Å². The molecule has 12 heteroatoms. The number of halogens is 2. The molecule has 0 radical (unpaired) electrons.